The van der Waals surface area contributed by atoms with Gasteiger partial charge in [-0.25, -0.2) is 0 Å². The van der Waals surface area contributed by atoms with Gasteiger partial charge in [-0.05, 0) is 6.07 Å². The zero-order chi connectivity index (χ0) is 16.3. The topological polar surface area (TPSA) is 79.8 Å². The molecular formula is C12H10ClF3N4O2. The largest absolute Gasteiger partial charge is 0.417 e. The van der Waals surface area contributed by atoms with Crippen LogP contribution in [0.15, 0.2) is 29.5 Å². The van der Waals surface area contributed by atoms with E-state index in [0.717, 1.165) is 0 Å². The molecule has 2 N–H and O–H groups in total. The number of nitrogens with zero attached hydrogens (tertiary/aromatic N) is 2. The monoisotopic (exact) mass is 334 g/mol. The van der Waals surface area contributed by atoms with Crippen LogP contribution < -0.4 is 10.9 Å². The van der Waals surface area contributed by atoms with Gasteiger partial charge in [0.15, 0.2) is 0 Å². The van der Waals surface area contributed by atoms with Crippen LogP contribution in [0.5, 0.6) is 0 Å². The maximum atomic E-state index is 12.5. The van der Waals surface area contributed by atoms with Crippen molar-refractivity contribution in [1.82, 2.24) is 14.8 Å². The first-order valence-corrected chi connectivity index (χ1v) is 6.41. The van der Waals surface area contributed by atoms with Gasteiger partial charge in [0, 0.05) is 25.4 Å². The number of nitrogens with one attached hydrogen (secondary N) is 2. The SMILES string of the molecule is O=C(CCn1cc(Cl)cn1)Nc1cc(C(F)(F)F)c[nH]c1=O. The van der Waals surface area contributed by atoms with Crippen LogP contribution in [0.3, 0.4) is 0 Å². The number of hydrogen-bond acceptors (Lipinski definition) is 3. The van der Waals surface area contributed by atoms with Crippen molar-refractivity contribution in [2.45, 2.75) is 19.1 Å². The second kappa shape index (κ2) is 6.22. The summed E-state index contributed by atoms with van der Waals surface area (Å²) >= 11 is 5.65. The summed E-state index contributed by atoms with van der Waals surface area (Å²) in [6, 6.07) is 0.585. The number of aromatic amines is 1. The molecule has 22 heavy (non-hydrogen) atoms. The number of alkyl halides is 3. The highest BCUT2D eigenvalue weighted by molar-refractivity contribution is 6.30. The van der Waals surface area contributed by atoms with E-state index in [4.69, 9.17) is 11.6 Å². The number of H-pyrrole nitrogens is 1. The van der Waals surface area contributed by atoms with E-state index in [0.29, 0.717) is 17.3 Å². The van der Waals surface area contributed by atoms with Gasteiger partial charge in [0.2, 0.25) is 5.91 Å². The van der Waals surface area contributed by atoms with Crippen LogP contribution in [0, 0.1) is 0 Å². The third-order valence-corrected chi connectivity index (χ3v) is 2.87. The Bertz CT molecular complexity index is 738. The molecule has 0 spiro atoms. The number of carbonyl (C=O) groups excluding carboxylic acids is 1. The molecule has 0 radical (unpaired) electrons. The summed E-state index contributed by atoms with van der Waals surface area (Å²) in [6.07, 6.45) is -1.27. The van der Waals surface area contributed by atoms with Gasteiger partial charge in [0.05, 0.1) is 16.8 Å². The first-order valence-electron chi connectivity index (χ1n) is 6.03. The smallest absolute Gasteiger partial charge is 0.327 e. The molecule has 0 aliphatic heterocycles. The van der Waals surface area contributed by atoms with Crippen LogP contribution in [0.25, 0.3) is 0 Å². The van der Waals surface area contributed by atoms with Crippen molar-refractivity contribution in [3.63, 3.8) is 0 Å². The predicted molar refractivity (Wildman–Crippen MR) is 72.5 cm³/mol. The van der Waals surface area contributed by atoms with Crippen LogP contribution in [0.4, 0.5) is 18.9 Å². The molecule has 6 nitrogen and oxygen atoms in total. The molecule has 10 heteroatoms. The minimum Gasteiger partial charge on any atom is -0.327 e. The van der Waals surface area contributed by atoms with E-state index in [9.17, 15) is 22.8 Å². The third kappa shape index (κ3) is 4.10. The molecule has 2 heterocycles. The first-order chi connectivity index (χ1) is 10.3. The number of pyridine rings is 1. The lowest BCUT2D eigenvalue weighted by Gasteiger charge is -2.09. The van der Waals surface area contributed by atoms with Gasteiger partial charge >= 0.3 is 6.18 Å². The number of halogens is 4. The number of hydrogen-bond donors (Lipinski definition) is 2. The molecule has 2 aromatic rings. The lowest BCUT2D eigenvalue weighted by molar-refractivity contribution is -0.137. The summed E-state index contributed by atoms with van der Waals surface area (Å²) in [4.78, 5) is 25.1. The fourth-order valence-corrected chi connectivity index (χ4v) is 1.79. The molecule has 0 aliphatic rings. The van der Waals surface area contributed by atoms with Gasteiger partial charge in [0.1, 0.15) is 5.69 Å². The van der Waals surface area contributed by atoms with Crippen molar-refractivity contribution in [3.8, 4) is 0 Å². The van der Waals surface area contributed by atoms with E-state index < -0.39 is 28.9 Å². The molecule has 0 saturated heterocycles. The molecule has 2 rings (SSSR count). The maximum Gasteiger partial charge on any atom is 0.417 e. The van der Waals surface area contributed by atoms with Crippen molar-refractivity contribution in [2.24, 2.45) is 0 Å². The van der Waals surface area contributed by atoms with Gasteiger partial charge in [-0.15, -0.1) is 0 Å². The van der Waals surface area contributed by atoms with Crippen LogP contribution in [-0.4, -0.2) is 20.7 Å². The summed E-state index contributed by atoms with van der Waals surface area (Å²) in [5, 5.41) is 6.39. The quantitative estimate of drug-likeness (QED) is 0.900. The minimum atomic E-state index is -4.62. The van der Waals surface area contributed by atoms with E-state index in [1.54, 1.807) is 0 Å². The third-order valence-electron chi connectivity index (χ3n) is 2.67. The van der Waals surface area contributed by atoms with Gasteiger partial charge in [-0.3, -0.25) is 14.3 Å². The fourth-order valence-electron chi connectivity index (χ4n) is 1.63. The van der Waals surface area contributed by atoms with Gasteiger partial charge in [-0.1, -0.05) is 11.6 Å². The highest BCUT2D eigenvalue weighted by atomic mass is 35.5. The highest BCUT2D eigenvalue weighted by Crippen LogP contribution is 2.29. The van der Waals surface area contributed by atoms with Crippen LogP contribution >= 0.6 is 11.6 Å². The van der Waals surface area contributed by atoms with Crippen molar-refractivity contribution in [1.29, 1.82) is 0 Å². The Morgan fingerprint density at radius 2 is 2.18 bits per heavy atom. The molecule has 0 unspecified atom stereocenters. The predicted octanol–water partition coefficient (Wildman–Crippen LogP) is 2.27. The van der Waals surface area contributed by atoms with E-state index in [1.165, 1.54) is 17.1 Å². The Morgan fingerprint density at radius 1 is 1.45 bits per heavy atom. The maximum absolute atomic E-state index is 12.5. The average Bonchev–Trinajstić information content (AvgIpc) is 2.83. The summed E-state index contributed by atoms with van der Waals surface area (Å²) in [5.41, 5.74) is -2.33. The second-order valence-electron chi connectivity index (χ2n) is 4.35. The zero-order valence-corrected chi connectivity index (χ0v) is 11.7. The van der Waals surface area contributed by atoms with Crippen molar-refractivity contribution < 1.29 is 18.0 Å². The minimum absolute atomic E-state index is 0.0757. The van der Waals surface area contributed by atoms with Gasteiger partial charge in [-0.2, -0.15) is 18.3 Å². The highest BCUT2D eigenvalue weighted by Gasteiger charge is 2.31. The summed E-state index contributed by atoms with van der Waals surface area (Å²) in [5.74, 6) is -0.614. The van der Waals surface area contributed by atoms with Crippen molar-refractivity contribution in [2.75, 3.05) is 5.32 Å². The van der Waals surface area contributed by atoms with Gasteiger partial charge in [0.25, 0.3) is 5.56 Å². The second-order valence-corrected chi connectivity index (χ2v) is 4.79. The number of aromatic nitrogens is 3. The van der Waals surface area contributed by atoms with Crippen LogP contribution in [0.2, 0.25) is 5.02 Å². The molecule has 0 aromatic carbocycles. The zero-order valence-electron chi connectivity index (χ0n) is 10.9. The van der Waals surface area contributed by atoms with Crippen LogP contribution in [-0.2, 0) is 17.5 Å². The molecule has 0 aliphatic carbocycles. The standard InChI is InChI=1S/C12H10ClF3N4O2/c13-8-5-18-20(6-8)2-1-10(21)19-9-3-7(12(14,15)16)4-17-11(9)22/h3-6H,1-2H2,(H,17,22)(H,19,21). The van der Waals surface area contributed by atoms with E-state index in [-0.39, 0.29) is 13.0 Å². The lowest BCUT2D eigenvalue weighted by Crippen LogP contribution is -2.22. The van der Waals surface area contributed by atoms with Crippen molar-refractivity contribution >= 4 is 23.2 Å². The molecular weight excluding hydrogens is 325 g/mol. The Balaban J connectivity index is 2.03. The molecule has 0 bridgehead atoms. The number of anilines is 1. The van der Waals surface area contributed by atoms with Gasteiger partial charge < -0.3 is 10.3 Å². The summed E-state index contributed by atoms with van der Waals surface area (Å²) in [7, 11) is 0. The fraction of sp³-hybridized carbons (Fsp3) is 0.250. The summed E-state index contributed by atoms with van der Waals surface area (Å²) < 4.78 is 39.1. The Kier molecular flexibility index (Phi) is 4.55. The molecule has 2 aromatic heterocycles. The number of aryl methyl sites for hydroxylation is 1. The normalized spacial score (nSPS) is 11.5. The number of rotatable bonds is 4. The Hall–Kier alpha value is -2.29. The molecule has 118 valence electrons. The first kappa shape index (κ1) is 16.1. The van der Waals surface area contributed by atoms with E-state index in [1.807, 2.05) is 4.98 Å². The average molecular weight is 335 g/mol. The summed E-state index contributed by atoms with van der Waals surface area (Å²) in [6.45, 7) is 0.176. The Labute approximate surface area is 126 Å². The van der Waals surface area contributed by atoms with E-state index >= 15 is 0 Å². The molecule has 0 atom stereocenters. The lowest BCUT2D eigenvalue weighted by atomic mass is 10.2. The molecule has 0 fully saturated rings. The van der Waals surface area contributed by atoms with E-state index in [2.05, 4.69) is 10.4 Å². The number of amides is 1. The Morgan fingerprint density at radius 3 is 2.77 bits per heavy atom. The van der Waals surface area contributed by atoms with Crippen molar-refractivity contribution in [3.05, 3.63) is 45.6 Å². The molecule has 0 saturated carbocycles. The van der Waals surface area contributed by atoms with Crippen LogP contribution in [0.1, 0.15) is 12.0 Å². The number of carbonyl (C=O) groups is 1. The molecule has 1 amide bonds.